The molecule has 2 amide bonds. The van der Waals surface area contributed by atoms with Gasteiger partial charge in [0.15, 0.2) is 24.3 Å². The lowest BCUT2D eigenvalue weighted by molar-refractivity contribution is -0.710. The van der Waals surface area contributed by atoms with Crippen LogP contribution in [0, 0.1) is 23.7 Å². The second-order valence-corrected chi connectivity index (χ2v) is 17.7. The summed E-state index contributed by atoms with van der Waals surface area (Å²) < 4.78 is 14.6. The van der Waals surface area contributed by atoms with Crippen LogP contribution in [0.1, 0.15) is 65.7 Å². The zero-order chi connectivity index (χ0) is 42.2. The van der Waals surface area contributed by atoms with E-state index in [9.17, 15) is 9.59 Å². The molecule has 0 aromatic carbocycles. The first-order valence-corrected chi connectivity index (χ1v) is 21.7. The van der Waals surface area contributed by atoms with Gasteiger partial charge in [0, 0.05) is 51.8 Å². The second kappa shape index (κ2) is 19.2. The molecule has 4 aromatic heterocycles. The average Bonchev–Trinajstić information content (AvgIpc) is 3.81. The lowest BCUT2D eigenvalue weighted by atomic mass is 9.86. The number of ether oxygens (including phenoxy) is 2. The van der Waals surface area contributed by atoms with Crippen molar-refractivity contribution < 1.29 is 23.6 Å². The number of anilines is 4. The summed E-state index contributed by atoms with van der Waals surface area (Å²) in [6.45, 7) is 12.9. The number of carbonyl (C=O) groups is 2. The van der Waals surface area contributed by atoms with E-state index in [-0.39, 0.29) is 41.1 Å². The minimum atomic E-state index is -0.473. The van der Waals surface area contributed by atoms with Gasteiger partial charge in [-0.05, 0) is 103 Å². The van der Waals surface area contributed by atoms with Crippen molar-refractivity contribution in [3.8, 4) is 22.8 Å². The molecular weight excluding hydrogens is 777 g/mol. The van der Waals surface area contributed by atoms with Crippen LogP contribution in [0.25, 0.3) is 22.8 Å². The van der Waals surface area contributed by atoms with Gasteiger partial charge < -0.3 is 30.7 Å². The Labute approximate surface area is 356 Å². The number of piperidine rings is 1. The Kier molecular flexibility index (Phi) is 13.3. The Hall–Kier alpha value is -5.30. The molecule has 61 heavy (non-hydrogen) atoms. The average molecular weight is 836 g/mol. The summed E-state index contributed by atoms with van der Waals surface area (Å²) in [5.74, 6) is 2.27. The van der Waals surface area contributed by atoms with Gasteiger partial charge in [0.2, 0.25) is 29.9 Å². The van der Waals surface area contributed by atoms with Crippen molar-refractivity contribution in [1.29, 1.82) is 0 Å². The van der Waals surface area contributed by atoms with Crippen LogP contribution in [-0.4, -0.2) is 110 Å². The van der Waals surface area contributed by atoms with E-state index >= 15 is 0 Å². The maximum atomic E-state index is 12.9. The fourth-order valence-electron chi connectivity index (χ4n) is 8.86. The Bertz CT molecular complexity index is 2150. The number of rotatable bonds is 14. The first-order chi connectivity index (χ1) is 29.5. The molecule has 0 radical (unpaired) electrons. The van der Waals surface area contributed by atoms with Gasteiger partial charge in [0.05, 0.1) is 35.5 Å². The number of hydrogen-bond acceptors (Lipinski definition) is 15. The maximum Gasteiger partial charge on any atom is 0.231 e. The SMILES string of the molecule is CC1(C)CC(CNc2c[n+](CC3(C)CC(CNc4cncc(-c5ccnc(NC(=O)C6CCCNC6)n5)n4)CCO3)cc(-c3ccnc(NC(=O)C4CCNC4)n3)n2)CCO1. The number of nitrogens with one attached hydrogen (secondary N) is 6. The quantitative estimate of drug-likeness (QED) is 0.100. The van der Waals surface area contributed by atoms with Crippen LogP contribution in [0.5, 0.6) is 0 Å². The van der Waals surface area contributed by atoms with Crippen LogP contribution in [0.2, 0.25) is 0 Å². The van der Waals surface area contributed by atoms with Crippen LogP contribution in [0.3, 0.4) is 0 Å². The van der Waals surface area contributed by atoms with Crippen LogP contribution in [-0.2, 0) is 25.6 Å². The molecule has 6 N–H and O–H groups in total. The highest BCUT2D eigenvalue weighted by Gasteiger charge is 2.38. The van der Waals surface area contributed by atoms with Gasteiger partial charge in [-0.1, -0.05) is 0 Å². The fourth-order valence-corrected chi connectivity index (χ4v) is 8.86. The fraction of sp³-hybridized carbons (Fsp3) is 0.581. The molecule has 0 aliphatic carbocycles. The first kappa shape index (κ1) is 42.4. The Morgan fingerprint density at radius 1 is 0.721 bits per heavy atom. The van der Waals surface area contributed by atoms with Gasteiger partial charge >= 0.3 is 0 Å². The van der Waals surface area contributed by atoms with Crippen molar-refractivity contribution in [3.05, 3.63) is 49.3 Å². The monoisotopic (exact) mass is 835 g/mol. The van der Waals surface area contributed by atoms with Gasteiger partial charge in [0.25, 0.3) is 0 Å². The number of amides is 2. The topological polar surface area (TPSA) is 219 Å². The van der Waals surface area contributed by atoms with Crippen molar-refractivity contribution in [3.63, 3.8) is 0 Å². The predicted octanol–water partition coefficient (Wildman–Crippen LogP) is 3.47. The third-order valence-electron chi connectivity index (χ3n) is 12.0. The molecule has 4 aliphatic heterocycles. The molecule has 8 heterocycles. The highest BCUT2D eigenvalue weighted by atomic mass is 16.5. The van der Waals surface area contributed by atoms with E-state index in [2.05, 4.69) is 77.2 Å². The zero-order valence-corrected chi connectivity index (χ0v) is 35.5. The van der Waals surface area contributed by atoms with Crippen molar-refractivity contribution >= 4 is 35.3 Å². The molecule has 4 aliphatic rings. The van der Waals surface area contributed by atoms with Crippen molar-refractivity contribution in [1.82, 2.24) is 45.5 Å². The standard InChI is InChI=1S/C43H58N14O4/c1-42(2)17-28(9-15-60-42)19-50-37-26-57(25-35(52-37)33-8-14-48-41(54-33)56-39(59)31-6-12-45-22-31)27-43(3)18-29(10-16-61-43)20-49-36-24-46-23-34(51-36)32-7-13-47-40(53-32)55-38(58)30-5-4-11-44-21-30/h7-8,13-14,23-26,28-31,44-45H,4-6,9-12,15-22,27H2,1-3H3,(H3-,47,48,49,50,51,52,53,54,55,56,58,59)/p+1. The normalized spacial score (nSPS) is 25.0. The second-order valence-electron chi connectivity index (χ2n) is 17.7. The molecule has 4 aromatic rings. The molecule has 18 heteroatoms. The summed E-state index contributed by atoms with van der Waals surface area (Å²) >= 11 is 0. The summed E-state index contributed by atoms with van der Waals surface area (Å²) in [5, 5.41) is 19.4. The first-order valence-electron chi connectivity index (χ1n) is 21.7. The largest absolute Gasteiger partial charge is 0.376 e. The van der Waals surface area contributed by atoms with Gasteiger partial charge in [-0.15, -0.1) is 0 Å². The van der Waals surface area contributed by atoms with E-state index in [0.29, 0.717) is 73.2 Å². The lowest BCUT2D eigenvalue weighted by Crippen LogP contribution is -2.51. The smallest absolute Gasteiger partial charge is 0.231 e. The number of hydrogen-bond donors (Lipinski definition) is 6. The minimum absolute atomic E-state index is 0.0807. The number of nitrogens with zero attached hydrogens (tertiary/aromatic N) is 8. The summed E-state index contributed by atoms with van der Waals surface area (Å²) in [6.07, 6.45) is 16.9. The molecule has 4 fully saturated rings. The molecule has 5 atom stereocenters. The minimum Gasteiger partial charge on any atom is -0.376 e. The van der Waals surface area contributed by atoms with Gasteiger partial charge in [-0.2, -0.15) is 4.57 Å². The highest BCUT2D eigenvalue weighted by molar-refractivity contribution is 5.92. The Balaban J connectivity index is 0.936. The third kappa shape index (κ3) is 11.5. The molecule has 18 nitrogen and oxygen atoms in total. The van der Waals surface area contributed by atoms with E-state index in [1.807, 2.05) is 18.5 Å². The van der Waals surface area contributed by atoms with Gasteiger partial charge in [-0.25, -0.2) is 29.9 Å². The molecule has 0 spiro atoms. The molecular formula is C43H59N14O4+. The van der Waals surface area contributed by atoms with Crippen molar-refractivity contribution in [2.24, 2.45) is 23.7 Å². The summed E-state index contributed by atoms with van der Waals surface area (Å²) in [5.41, 5.74) is 1.80. The van der Waals surface area contributed by atoms with E-state index < -0.39 is 5.60 Å². The molecule has 5 unspecified atom stereocenters. The van der Waals surface area contributed by atoms with Crippen LogP contribution in [0.15, 0.2) is 49.3 Å². The molecule has 4 saturated heterocycles. The summed E-state index contributed by atoms with van der Waals surface area (Å²) in [6, 6.07) is 3.58. The maximum absolute atomic E-state index is 12.9. The zero-order valence-electron chi connectivity index (χ0n) is 35.5. The Morgan fingerprint density at radius 3 is 2.03 bits per heavy atom. The highest BCUT2D eigenvalue weighted by Crippen LogP contribution is 2.31. The van der Waals surface area contributed by atoms with Crippen LogP contribution < -0.4 is 36.5 Å². The van der Waals surface area contributed by atoms with Gasteiger partial charge in [0.1, 0.15) is 22.8 Å². The van der Waals surface area contributed by atoms with Crippen LogP contribution >= 0.6 is 0 Å². The lowest BCUT2D eigenvalue weighted by Gasteiger charge is -2.36. The van der Waals surface area contributed by atoms with Crippen molar-refractivity contribution in [2.75, 3.05) is 73.7 Å². The Morgan fingerprint density at radius 2 is 1.36 bits per heavy atom. The van der Waals surface area contributed by atoms with E-state index in [1.165, 1.54) is 0 Å². The molecule has 0 bridgehead atoms. The van der Waals surface area contributed by atoms with Crippen molar-refractivity contribution in [2.45, 2.75) is 83.5 Å². The molecule has 0 saturated carbocycles. The van der Waals surface area contributed by atoms with E-state index in [0.717, 1.165) is 77.0 Å². The summed E-state index contributed by atoms with van der Waals surface area (Å²) in [7, 11) is 0. The molecule has 324 valence electrons. The van der Waals surface area contributed by atoms with Crippen LogP contribution in [0.4, 0.5) is 23.5 Å². The third-order valence-corrected chi connectivity index (χ3v) is 12.0. The van der Waals surface area contributed by atoms with E-state index in [1.54, 1.807) is 30.9 Å². The molecule has 8 rings (SSSR count). The number of aromatic nitrogens is 8. The summed E-state index contributed by atoms with van der Waals surface area (Å²) in [4.78, 5) is 57.9. The predicted molar refractivity (Wildman–Crippen MR) is 229 cm³/mol. The van der Waals surface area contributed by atoms with E-state index in [4.69, 9.17) is 24.4 Å². The number of carbonyl (C=O) groups excluding carboxylic acids is 2. The van der Waals surface area contributed by atoms with Gasteiger partial charge in [-0.3, -0.25) is 25.2 Å².